The Balaban J connectivity index is 2.27. The quantitative estimate of drug-likeness (QED) is 0.573. The van der Waals surface area contributed by atoms with Crippen molar-refractivity contribution < 1.29 is 9.84 Å². The molecule has 1 N–H and O–H groups in total. The molecule has 2 bridgehead atoms. The predicted octanol–water partition coefficient (Wildman–Crippen LogP) is 1.32. The molecule has 2 rings (SSSR count). The molecule has 2 aliphatic rings. The summed E-state index contributed by atoms with van der Waals surface area (Å²) in [7, 11) is 0. The van der Waals surface area contributed by atoms with Crippen LogP contribution in [0, 0.1) is 5.92 Å². The second-order valence-corrected chi connectivity index (χ2v) is 4.67. The summed E-state index contributed by atoms with van der Waals surface area (Å²) >= 11 is 0. The summed E-state index contributed by atoms with van der Waals surface area (Å²) in [5.74, 6) is 0.558. The number of aliphatic hydroxyl groups is 1. The van der Waals surface area contributed by atoms with Gasteiger partial charge in [-0.3, -0.25) is 0 Å². The van der Waals surface area contributed by atoms with Gasteiger partial charge in [0.2, 0.25) is 0 Å². The molecule has 64 valence electrons. The third-order valence-corrected chi connectivity index (χ3v) is 3.34. The van der Waals surface area contributed by atoms with E-state index in [0.717, 1.165) is 12.8 Å². The molecule has 0 aromatic carbocycles. The Morgan fingerprint density at radius 3 is 2.27 bits per heavy atom. The van der Waals surface area contributed by atoms with E-state index in [1.807, 2.05) is 6.92 Å². The smallest absolute Gasteiger partial charge is 0.0923 e. The van der Waals surface area contributed by atoms with Crippen LogP contribution in [-0.4, -0.2) is 22.4 Å². The highest BCUT2D eigenvalue weighted by Crippen LogP contribution is 2.52. The van der Waals surface area contributed by atoms with Gasteiger partial charge in [-0.2, -0.15) is 0 Å². The molecule has 3 atom stereocenters. The monoisotopic (exact) mass is 156 g/mol. The van der Waals surface area contributed by atoms with Crippen LogP contribution in [0.4, 0.5) is 0 Å². The first-order chi connectivity index (χ1) is 4.94. The summed E-state index contributed by atoms with van der Waals surface area (Å²) in [4.78, 5) is 0. The topological polar surface area (TPSA) is 29.5 Å². The van der Waals surface area contributed by atoms with Crippen LogP contribution in [0.2, 0.25) is 0 Å². The van der Waals surface area contributed by atoms with Gasteiger partial charge in [0, 0.05) is 0 Å². The molecule has 2 heteroatoms. The SMILES string of the molecule is CC1(C)OC2(C)CC1CC2O. The second-order valence-electron chi connectivity index (χ2n) is 4.67. The molecule has 11 heavy (non-hydrogen) atoms. The maximum atomic E-state index is 9.59. The summed E-state index contributed by atoms with van der Waals surface area (Å²) in [5, 5.41) is 9.59. The van der Waals surface area contributed by atoms with Crippen LogP contribution < -0.4 is 0 Å². The Kier molecular flexibility index (Phi) is 1.24. The normalized spacial score (nSPS) is 53.5. The van der Waals surface area contributed by atoms with E-state index in [0.29, 0.717) is 5.92 Å². The summed E-state index contributed by atoms with van der Waals surface area (Å²) in [6.45, 7) is 6.26. The van der Waals surface area contributed by atoms with Crippen molar-refractivity contribution in [2.24, 2.45) is 5.92 Å². The molecule has 2 nitrogen and oxygen atoms in total. The maximum absolute atomic E-state index is 9.59. The Bertz CT molecular complexity index is 188. The summed E-state index contributed by atoms with van der Waals surface area (Å²) in [6.07, 6.45) is 1.71. The molecule has 3 unspecified atom stereocenters. The number of rotatable bonds is 0. The number of aliphatic hydroxyl groups excluding tert-OH is 1. The van der Waals surface area contributed by atoms with Crippen LogP contribution in [0.1, 0.15) is 33.6 Å². The van der Waals surface area contributed by atoms with Gasteiger partial charge < -0.3 is 9.84 Å². The van der Waals surface area contributed by atoms with Crippen molar-refractivity contribution in [2.75, 3.05) is 0 Å². The lowest BCUT2D eigenvalue weighted by Crippen LogP contribution is -2.44. The molecule has 0 aromatic heterocycles. The third kappa shape index (κ3) is 0.859. The van der Waals surface area contributed by atoms with Gasteiger partial charge in [0.05, 0.1) is 17.3 Å². The fourth-order valence-corrected chi connectivity index (χ4v) is 2.55. The minimum Gasteiger partial charge on any atom is -0.390 e. The Hall–Kier alpha value is -0.0800. The van der Waals surface area contributed by atoms with Crippen molar-refractivity contribution in [2.45, 2.75) is 50.9 Å². The standard InChI is InChI=1S/C9H16O2/c1-8(2)6-4-7(10)9(3,5-6)11-8/h6-7,10H,4-5H2,1-3H3. The van der Waals surface area contributed by atoms with E-state index in [9.17, 15) is 5.11 Å². The van der Waals surface area contributed by atoms with E-state index in [1.165, 1.54) is 0 Å². The molecule has 1 heterocycles. The van der Waals surface area contributed by atoms with E-state index in [2.05, 4.69) is 13.8 Å². The molecule has 1 saturated carbocycles. The van der Waals surface area contributed by atoms with Gasteiger partial charge in [-0.15, -0.1) is 0 Å². The minimum atomic E-state index is -0.242. The van der Waals surface area contributed by atoms with Crippen LogP contribution in [-0.2, 0) is 4.74 Å². The molecule has 0 amide bonds. The van der Waals surface area contributed by atoms with E-state index in [4.69, 9.17) is 4.74 Å². The number of ether oxygens (including phenoxy) is 1. The third-order valence-electron chi connectivity index (χ3n) is 3.34. The zero-order valence-electron chi connectivity index (χ0n) is 7.42. The first kappa shape index (κ1) is 7.56. The van der Waals surface area contributed by atoms with E-state index >= 15 is 0 Å². The van der Waals surface area contributed by atoms with Crippen LogP contribution >= 0.6 is 0 Å². The number of hydrogen-bond donors (Lipinski definition) is 1. The zero-order valence-corrected chi connectivity index (χ0v) is 7.42. The van der Waals surface area contributed by atoms with Gasteiger partial charge in [0.25, 0.3) is 0 Å². The maximum Gasteiger partial charge on any atom is 0.0923 e. The highest BCUT2D eigenvalue weighted by atomic mass is 16.5. The van der Waals surface area contributed by atoms with Crippen LogP contribution in [0.3, 0.4) is 0 Å². The van der Waals surface area contributed by atoms with Crippen molar-refractivity contribution in [1.82, 2.24) is 0 Å². The van der Waals surface area contributed by atoms with Gasteiger partial charge in [0.1, 0.15) is 0 Å². The van der Waals surface area contributed by atoms with Crippen molar-refractivity contribution >= 4 is 0 Å². The fraction of sp³-hybridized carbons (Fsp3) is 1.00. The van der Waals surface area contributed by atoms with Crippen molar-refractivity contribution in [3.8, 4) is 0 Å². The molecule has 0 aromatic rings. The van der Waals surface area contributed by atoms with Gasteiger partial charge in [0.15, 0.2) is 0 Å². The summed E-state index contributed by atoms with van der Waals surface area (Å²) < 4.78 is 5.80. The first-order valence-corrected chi connectivity index (χ1v) is 4.32. The predicted molar refractivity (Wildman–Crippen MR) is 42.3 cm³/mol. The van der Waals surface area contributed by atoms with Crippen LogP contribution in [0.5, 0.6) is 0 Å². The fourth-order valence-electron chi connectivity index (χ4n) is 2.55. The molecular weight excluding hydrogens is 140 g/mol. The molecule has 1 saturated heterocycles. The number of hydrogen-bond acceptors (Lipinski definition) is 2. The summed E-state index contributed by atoms with van der Waals surface area (Å²) in [5.41, 5.74) is -0.248. The Morgan fingerprint density at radius 1 is 1.36 bits per heavy atom. The highest BCUT2D eigenvalue weighted by Gasteiger charge is 2.58. The lowest BCUT2D eigenvalue weighted by molar-refractivity contribution is -0.165. The van der Waals surface area contributed by atoms with E-state index in [-0.39, 0.29) is 17.3 Å². The van der Waals surface area contributed by atoms with Crippen LogP contribution in [0.25, 0.3) is 0 Å². The van der Waals surface area contributed by atoms with Gasteiger partial charge in [-0.25, -0.2) is 0 Å². The van der Waals surface area contributed by atoms with Crippen molar-refractivity contribution in [3.05, 3.63) is 0 Å². The van der Waals surface area contributed by atoms with Crippen molar-refractivity contribution in [3.63, 3.8) is 0 Å². The number of fused-ring (bicyclic) bond motifs is 2. The molecule has 0 radical (unpaired) electrons. The lowest BCUT2D eigenvalue weighted by atomic mass is 9.90. The highest BCUT2D eigenvalue weighted by molar-refractivity contribution is 5.07. The zero-order chi connectivity index (χ0) is 8.28. The second kappa shape index (κ2) is 1.80. The Morgan fingerprint density at radius 2 is 2.00 bits per heavy atom. The van der Waals surface area contributed by atoms with Crippen LogP contribution in [0.15, 0.2) is 0 Å². The molecular formula is C9H16O2. The van der Waals surface area contributed by atoms with Gasteiger partial charge >= 0.3 is 0 Å². The largest absolute Gasteiger partial charge is 0.390 e. The average molecular weight is 156 g/mol. The molecule has 0 spiro atoms. The van der Waals surface area contributed by atoms with Crippen molar-refractivity contribution in [1.29, 1.82) is 0 Å². The summed E-state index contributed by atoms with van der Waals surface area (Å²) in [6, 6.07) is 0. The van der Waals surface area contributed by atoms with E-state index < -0.39 is 0 Å². The Labute approximate surface area is 67.6 Å². The average Bonchev–Trinajstić information content (AvgIpc) is 2.16. The molecule has 1 aliphatic carbocycles. The van der Waals surface area contributed by atoms with E-state index in [1.54, 1.807) is 0 Å². The minimum absolute atomic E-state index is 0.00597. The molecule has 2 fully saturated rings. The molecule has 1 aliphatic heterocycles. The first-order valence-electron chi connectivity index (χ1n) is 4.32. The van der Waals surface area contributed by atoms with Gasteiger partial charge in [-0.1, -0.05) is 0 Å². The lowest BCUT2D eigenvalue weighted by Gasteiger charge is -2.37. The van der Waals surface area contributed by atoms with Gasteiger partial charge in [-0.05, 0) is 39.5 Å².